The van der Waals surface area contributed by atoms with Crippen molar-refractivity contribution in [2.45, 2.75) is 330 Å². The van der Waals surface area contributed by atoms with Crippen LogP contribution >= 0.6 is 45.3 Å². The number of nitrogens with two attached hydrogens (primary N) is 1. The van der Waals surface area contributed by atoms with E-state index in [2.05, 4.69) is 131 Å². The maximum Gasteiger partial charge on any atom is 0.338 e. The van der Waals surface area contributed by atoms with E-state index in [0.29, 0.717) is 41.6 Å². The first-order valence-electron chi connectivity index (χ1n) is 41.2. The third kappa shape index (κ3) is 22.6. The number of benzene rings is 3. The van der Waals surface area contributed by atoms with Gasteiger partial charge in [0, 0.05) is 64.4 Å². The van der Waals surface area contributed by atoms with E-state index in [1.54, 1.807) is 34.0 Å². The molecule has 11 heteroatoms. The van der Waals surface area contributed by atoms with Crippen molar-refractivity contribution >= 4 is 106 Å². The Morgan fingerprint density at radius 1 is 0.412 bits per heavy atom. The molecular formula is C91H131N3O4S4. The second-order valence-corrected chi connectivity index (χ2v) is 36.6. The molecule has 2 N–H and O–H groups in total. The van der Waals surface area contributed by atoms with Crippen LogP contribution in [0.3, 0.4) is 0 Å². The number of ether oxygens (including phenoxy) is 1. The molecular weight excluding hydrogens is 1330 g/mol. The monoisotopic (exact) mass is 1460 g/mol. The molecule has 2 unspecified atom stereocenters. The SMILES string of the molecule is CCCCCCCCCCCCC(CCCCCCCCCC)CN1C(=O)C(=C2C(=O)N(CC(CCCCCCCCCC)CCCCCCCCCCCC)c3cc(-c4ccc(C(C)(C)C)s4)ccc32)c2ccc(-c3ccc(-c4cc5cc(C(=O)OC)c6cc(C(C)(C)N)sc6c5s4)s3)cc21. The molecule has 2 aliphatic heterocycles. The number of thiophene rings is 4. The van der Waals surface area contributed by atoms with E-state index in [1.165, 1.54) is 248 Å². The predicted octanol–water partition coefficient (Wildman–Crippen LogP) is 29.0. The first-order valence-corrected chi connectivity index (χ1v) is 44.5. The number of rotatable bonds is 49. The summed E-state index contributed by atoms with van der Waals surface area (Å²) in [7, 11) is 1.45. The van der Waals surface area contributed by atoms with Gasteiger partial charge in [-0.15, -0.1) is 45.3 Å². The number of esters is 1. The summed E-state index contributed by atoms with van der Waals surface area (Å²) in [6.45, 7) is 21.4. The smallest absolute Gasteiger partial charge is 0.338 e. The number of nitrogens with zero attached hydrogens (tertiary/aromatic N) is 2. The number of hydrogen-bond donors (Lipinski definition) is 1. The molecule has 2 aliphatic rings. The van der Waals surface area contributed by atoms with Gasteiger partial charge >= 0.3 is 5.97 Å². The summed E-state index contributed by atoms with van der Waals surface area (Å²) < 4.78 is 7.54. The zero-order valence-electron chi connectivity index (χ0n) is 65.1. The minimum atomic E-state index is -0.565. The van der Waals surface area contributed by atoms with Crippen LogP contribution in [0.2, 0.25) is 0 Å². The topological polar surface area (TPSA) is 92.9 Å². The minimum Gasteiger partial charge on any atom is -0.465 e. The Bertz CT molecular complexity index is 3770. The number of carbonyl (C=O) groups is 3. The molecule has 2 amide bonds. The lowest BCUT2D eigenvalue weighted by molar-refractivity contribution is -0.114. The van der Waals surface area contributed by atoms with Gasteiger partial charge in [-0.2, -0.15) is 0 Å². The highest BCUT2D eigenvalue weighted by atomic mass is 32.1. The Kier molecular flexibility index (Phi) is 32.8. The summed E-state index contributed by atoms with van der Waals surface area (Å²) in [5.74, 6) is 0.314. The van der Waals surface area contributed by atoms with Crippen molar-refractivity contribution in [3.63, 3.8) is 0 Å². The molecule has 2 atom stereocenters. The largest absolute Gasteiger partial charge is 0.465 e. The van der Waals surface area contributed by atoms with Crippen LogP contribution in [-0.4, -0.2) is 38.0 Å². The second-order valence-electron chi connectivity index (χ2n) is 32.3. The molecule has 0 saturated carbocycles. The van der Waals surface area contributed by atoms with Gasteiger partial charge in [0.05, 0.1) is 44.6 Å². The van der Waals surface area contributed by atoms with Crippen LogP contribution < -0.4 is 15.5 Å². The molecule has 0 radical (unpaired) electrons. The Balaban J connectivity index is 1.09. The van der Waals surface area contributed by atoms with E-state index in [1.807, 2.05) is 31.3 Å². The van der Waals surface area contributed by atoms with Crippen molar-refractivity contribution in [1.29, 1.82) is 0 Å². The van der Waals surface area contributed by atoms with Gasteiger partial charge in [0.15, 0.2) is 0 Å². The van der Waals surface area contributed by atoms with E-state index in [9.17, 15) is 4.79 Å². The molecule has 4 aromatic heterocycles. The fourth-order valence-corrected chi connectivity index (χ4v) is 20.5. The summed E-state index contributed by atoms with van der Waals surface area (Å²) in [6.07, 6.45) is 51.1. The lowest BCUT2D eigenvalue weighted by Gasteiger charge is -2.25. The summed E-state index contributed by atoms with van der Waals surface area (Å²) >= 11 is 7.05. The summed E-state index contributed by atoms with van der Waals surface area (Å²) in [6, 6.07) is 28.8. The minimum absolute atomic E-state index is 0.0125. The zero-order chi connectivity index (χ0) is 72.4. The number of methoxy groups -OCH3 is 1. The number of amides is 2. The van der Waals surface area contributed by atoms with E-state index in [-0.39, 0.29) is 23.2 Å². The standard InChI is InChI=1S/C91H131N3O4S4/c1-11-15-19-23-27-31-33-37-41-45-49-66(47-43-39-35-29-25-21-17-13-3)64-93-75-60-68(77-55-56-79(99-77)80-62-70-59-74(89(97)98-10)73-63-82(91(8,9)92)102-86(73)85(70)101-80)51-53-71(75)83(87(93)95)84-72-54-52-69(78-57-58-81(100-78)90(5,6)7)61-76(72)94(88(84)96)65-67(48-44-40-36-30-26-22-18-14-4)50-46-42-38-34-32-28-24-20-16-12-2/h51-63,66-67H,11-50,64-65,92H2,1-10H3. The van der Waals surface area contributed by atoms with Crippen LogP contribution in [0.1, 0.15) is 350 Å². The van der Waals surface area contributed by atoms with Crippen molar-refractivity contribution in [3.05, 3.63) is 105 Å². The zero-order valence-corrected chi connectivity index (χ0v) is 68.4. The van der Waals surface area contributed by atoms with E-state index >= 15 is 9.59 Å². The van der Waals surface area contributed by atoms with E-state index in [0.717, 1.165) is 99.0 Å². The van der Waals surface area contributed by atoms with Gasteiger partial charge in [-0.3, -0.25) is 9.59 Å². The average Bonchev–Trinajstić information content (AvgIpc) is 1.58. The molecule has 0 aliphatic carbocycles. The number of carbonyl (C=O) groups excluding carboxylic acids is 3. The molecule has 0 saturated heterocycles. The van der Waals surface area contributed by atoms with Crippen LogP contribution in [0.25, 0.3) is 62.0 Å². The van der Waals surface area contributed by atoms with Crippen molar-refractivity contribution < 1.29 is 19.1 Å². The van der Waals surface area contributed by atoms with Gasteiger partial charge in [0.1, 0.15) is 0 Å². The summed E-state index contributed by atoms with van der Waals surface area (Å²) in [5.41, 5.74) is 13.7. The fourth-order valence-electron chi connectivity index (χ4n) is 15.9. The number of hydrogen-bond acceptors (Lipinski definition) is 9. The highest BCUT2D eigenvalue weighted by Gasteiger charge is 2.44. The Morgan fingerprint density at radius 3 is 1.18 bits per heavy atom. The maximum absolute atomic E-state index is 16.4. The van der Waals surface area contributed by atoms with Crippen LogP contribution in [0.15, 0.2) is 78.9 Å². The lowest BCUT2D eigenvalue weighted by Crippen LogP contribution is -2.34. The molecule has 0 spiro atoms. The highest BCUT2D eigenvalue weighted by Crippen LogP contribution is 2.52. The fraction of sp³-hybridized carbons (Fsp3) is 0.615. The Hall–Kier alpha value is -4.91. The van der Waals surface area contributed by atoms with Gasteiger partial charge in [-0.1, -0.05) is 304 Å². The highest BCUT2D eigenvalue weighted by molar-refractivity contribution is 7.31. The molecule has 7 aromatic rings. The lowest BCUT2D eigenvalue weighted by atomic mass is 9.93. The molecule has 6 heterocycles. The second kappa shape index (κ2) is 41.3. The average molecular weight is 1460 g/mol. The Morgan fingerprint density at radius 2 is 0.794 bits per heavy atom. The summed E-state index contributed by atoms with van der Waals surface area (Å²) in [5, 5.41) is 1.90. The van der Waals surface area contributed by atoms with E-state index in [4.69, 9.17) is 10.5 Å². The quantitative estimate of drug-likeness (QED) is 0.0233. The van der Waals surface area contributed by atoms with Crippen LogP contribution in [0.5, 0.6) is 0 Å². The van der Waals surface area contributed by atoms with Crippen molar-refractivity contribution in [2.24, 2.45) is 17.6 Å². The van der Waals surface area contributed by atoms with Gasteiger partial charge < -0.3 is 20.3 Å². The summed E-state index contributed by atoms with van der Waals surface area (Å²) in [4.78, 5) is 57.4. The maximum atomic E-state index is 16.4. The van der Waals surface area contributed by atoms with Crippen LogP contribution in [-0.2, 0) is 25.3 Å². The van der Waals surface area contributed by atoms with Gasteiger partial charge in [0.2, 0.25) is 0 Å². The molecule has 558 valence electrons. The van der Waals surface area contributed by atoms with Crippen LogP contribution in [0.4, 0.5) is 11.4 Å². The van der Waals surface area contributed by atoms with Gasteiger partial charge in [-0.25, -0.2) is 4.79 Å². The van der Waals surface area contributed by atoms with Crippen molar-refractivity contribution in [3.8, 4) is 30.6 Å². The number of unbranched alkanes of at least 4 members (excludes halogenated alkanes) is 32. The number of anilines is 2. The third-order valence-corrected chi connectivity index (χ3v) is 27.8. The molecule has 102 heavy (non-hydrogen) atoms. The first kappa shape index (κ1) is 81.2. The van der Waals surface area contributed by atoms with Gasteiger partial charge in [0.25, 0.3) is 11.8 Å². The molecule has 9 rings (SSSR count). The molecule has 3 aromatic carbocycles. The molecule has 7 nitrogen and oxygen atoms in total. The normalized spacial score (nSPS) is 14.7. The third-order valence-electron chi connectivity index (χ3n) is 22.1. The number of fused-ring (bicyclic) bond motifs is 5. The predicted molar refractivity (Wildman–Crippen MR) is 449 cm³/mol. The van der Waals surface area contributed by atoms with E-state index < -0.39 is 5.54 Å². The van der Waals surface area contributed by atoms with Crippen molar-refractivity contribution in [2.75, 3.05) is 30.0 Å². The van der Waals surface area contributed by atoms with Crippen LogP contribution in [0, 0.1) is 11.8 Å². The van der Waals surface area contributed by atoms with Crippen molar-refractivity contribution in [1.82, 2.24) is 0 Å². The molecule has 0 bridgehead atoms. The van der Waals surface area contributed by atoms with Gasteiger partial charge in [-0.05, 0) is 128 Å². The molecule has 0 fully saturated rings. The first-order chi connectivity index (χ1) is 49.5. The Labute approximate surface area is 634 Å².